The maximum absolute atomic E-state index is 12.9. The molecule has 6 heteroatoms. The summed E-state index contributed by atoms with van der Waals surface area (Å²) in [5.74, 6) is -0.884. The number of esters is 3. The first-order chi connectivity index (χ1) is 41.0. The molecule has 0 aliphatic carbocycles. The van der Waals surface area contributed by atoms with Crippen LogP contribution in [0.25, 0.3) is 0 Å². The van der Waals surface area contributed by atoms with E-state index in [1.165, 1.54) is 186 Å². The minimum absolute atomic E-state index is 0.0822. The molecule has 0 amide bonds. The van der Waals surface area contributed by atoms with Gasteiger partial charge in [-0.3, -0.25) is 14.4 Å². The number of allylic oxidation sites excluding steroid dienone is 18. The van der Waals surface area contributed by atoms with Gasteiger partial charge in [0.2, 0.25) is 0 Å². The summed E-state index contributed by atoms with van der Waals surface area (Å²) < 4.78 is 17.0. The SMILES string of the molecule is CC/C=C\C/C=C\C/C=C\C/C=C\C/C=C\CCCCCCCCCCCCCCCCCC(=O)OCC(COC(=O)CCCCCCCCC/C=C\C/C=C\CCCCC)OC(=O)CCCCCCCCC/C=C\C/C=C\CCCCC. The van der Waals surface area contributed by atoms with Crippen LogP contribution < -0.4 is 0 Å². The minimum Gasteiger partial charge on any atom is -0.462 e. The molecule has 0 spiro atoms. The van der Waals surface area contributed by atoms with E-state index in [2.05, 4.69) is 130 Å². The van der Waals surface area contributed by atoms with Crippen LogP contribution in [0.4, 0.5) is 0 Å². The van der Waals surface area contributed by atoms with Crippen LogP contribution >= 0.6 is 0 Å². The monoisotopic (exact) mass is 1150 g/mol. The van der Waals surface area contributed by atoms with Gasteiger partial charge in [-0.2, -0.15) is 0 Å². The maximum atomic E-state index is 12.9. The van der Waals surface area contributed by atoms with Gasteiger partial charge in [0.25, 0.3) is 0 Å². The lowest BCUT2D eigenvalue weighted by Crippen LogP contribution is -2.30. The van der Waals surface area contributed by atoms with Crippen LogP contribution in [-0.2, 0) is 28.6 Å². The summed E-state index contributed by atoms with van der Waals surface area (Å²) >= 11 is 0. The molecular formula is C77H132O6. The molecule has 0 aromatic rings. The van der Waals surface area contributed by atoms with Gasteiger partial charge in [0.15, 0.2) is 6.10 Å². The van der Waals surface area contributed by atoms with Crippen molar-refractivity contribution < 1.29 is 28.6 Å². The summed E-state index contributed by atoms with van der Waals surface area (Å²) in [6.07, 6.45) is 96.8. The molecule has 0 saturated heterocycles. The van der Waals surface area contributed by atoms with Crippen molar-refractivity contribution in [3.8, 4) is 0 Å². The Morgan fingerprint density at radius 2 is 0.470 bits per heavy atom. The van der Waals surface area contributed by atoms with Gasteiger partial charge in [0.1, 0.15) is 13.2 Å². The van der Waals surface area contributed by atoms with Crippen LogP contribution in [-0.4, -0.2) is 37.2 Å². The van der Waals surface area contributed by atoms with Crippen molar-refractivity contribution in [1.82, 2.24) is 0 Å². The van der Waals surface area contributed by atoms with Crippen molar-refractivity contribution in [3.05, 3.63) is 109 Å². The first-order valence-corrected chi connectivity index (χ1v) is 35.4. The summed E-state index contributed by atoms with van der Waals surface area (Å²) in [6, 6.07) is 0. The van der Waals surface area contributed by atoms with Crippen molar-refractivity contribution in [2.75, 3.05) is 13.2 Å². The van der Waals surface area contributed by atoms with Crippen molar-refractivity contribution in [3.63, 3.8) is 0 Å². The standard InChI is InChI=1S/C77H132O6/c1-4-7-10-13-16-19-22-25-28-31-32-33-34-35-36-37-38-39-40-41-42-43-44-47-49-52-55-58-61-64-67-70-76(79)82-73-74(83-77(80)71-68-65-62-59-56-53-50-46-30-27-24-21-18-15-12-9-6-3)72-81-75(78)69-66-63-60-57-54-51-48-45-29-26-23-20-17-14-11-8-5-2/h7,10,16-21,25-30,32-33,35-36,74H,4-6,8-9,11-15,22-24,31,34,37-73H2,1-3H3/b10-7-,19-16-,20-17-,21-18-,28-25-,29-26-,30-27-,33-32-,36-35-. The topological polar surface area (TPSA) is 78.9 Å². The summed E-state index contributed by atoms with van der Waals surface area (Å²) in [4.78, 5) is 38.5. The normalized spacial score (nSPS) is 12.8. The van der Waals surface area contributed by atoms with E-state index >= 15 is 0 Å². The fourth-order valence-electron chi connectivity index (χ4n) is 9.94. The summed E-state index contributed by atoms with van der Waals surface area (Å²) in [6.45, 7) is 6.50. The van der Waals surface area contributed by atoms with Gasteiger partial charge >= 0.3 is 17.9 Å². The number of hydrogen-bond donors (Lipinski definition) is 0. The second-order valence-electron chi connectivity index (χ2n) is 23.4. The second-order valence-corrected chi connectivity index (χ2v) is 23.4. The van der Waals surface area contributed by atoms with Crippen LogP contribution in [0, 0.1) is 0 Å². The average molecular weight is 1150 g/mol. The van der Waals surface area contributed by atoms with Gasteiger partial charge in [-0.05, 0) is 128 Å². The van der Waals surface area contributed by atoms with E-state index in [0.29, 0.717) is 19.3 Å². The molecule has 0 aliphatic heterocycles. The number of unbranched alkanes of at least 4 members (excludes halogenated alkanes) is 35. The Morgan fingerprint density at radius 1 is 0.253 bits per heavy atom. The quantitative estimate of drug-likeness (QED) is 0.0261. The van der Waals surface area contributed by atoms with E-state index in [0.717, 1.165) is 116 Å². The number of carbonyl (C=O) groups is 3. The van der Waals surface area contributed by atoms with Gasteiger partial charge in [0, 0.05) is 19.3 Å². The molecule has 0 saturated carbocycles. The van der Waals surface area contributed by atoms with Crippen LogP contribution in [0.1, 0.15) is 342 Å². The number of rotatable bonds is 64. The predicted molar refractivity (Wildman–Crippen MR) is 362 cm³/mol. The molecule has 476 valence electrons. The van der Waals surface area contributed by atoms with E-state index in [1.54, 1.807) is 0 Å². The van der Waals surface area contributed by atoms with E-state index < -0.39 is 6.10 Å². The van der Waals surface area contributed by atoms with Gasteiger partial charge in [0.05, 0.1) is 0 Å². The molecule has 0 rings (SSSR count). The zero-order chi connectivity index (χ0) is 59.9. The number of carbonyl (C=O) groups excluding carboxylic acids is 3. The molecular weight excluding hydrogens is 1020 g/mol. The van der Waals surface area contributed by atoms with Crippen LogP contribution in [0.15, 0.2) is 109 Å². The predicted octanol–water partition coefficient (Wildman–Crippen LogP) is 24.6. The zero-order valence-corrected chi connectivity index (χ0v) is 54.7. The molecule has 1 unspecified atom stereocenters. The first-order valence-electron chi connectivity index (χ1n) is 35.4. The summed E-state index contributed by atoms with van der Waals surface area (Å²) in [5.41, 5.74) is 0. The van der Waals surface area contributed by atoms with Crippen molar-refractivity contribution in [2.24, 2.45) is 0 Å². The van der Waals surface area contributed by atoms with Gasteiger partial charge < -0.3 is 14.2 Å². The van der Waals surface area contributed by atoms with Gasteiger partial charge in [-0.15, -0.1) is 0 Å². The molecule has 0 N–H and O–H groups in total. The maximum Gasteiger partial charge on any atom is 0.306 e. The first kappa shape index (κ1) is 79.1. The molecule has 1 atom stereocenters. The highest BCUT2D eigenvalue weighted by Crippen LogP contribution is 2.17. The molecule has 0 fully saturated rings. The Balaban J connectivity index is 4.27. The Hall–Kier alpha value is -3.93. The number of hydrogen-bond acceptors (Lipinski definition) is 6. The lowest BCUT2D eigenvalue weighted by molar-refractivity contribution is -0.167. The highest BCUT2D eigenvalue weighted by atomic mass is 16.6. The van der Waals surface area contributed by atoms with E-state index in [4.69, 9.17) is 14.2 Å². The molecule has 0 aliphatic rings. The van der Waals surface area contributed by atoms with Crippen LogP contribution in [0.5, 0.6) is 0 Å². The largest absolute Gasteiger partial charge is 0.462 e. The molecule has 0 heterocycles. The Kier molecular flexibility index (Phi) is 67.2. The van der Waals surface area contributed by atoms with Gasteiger partial charge in [-0.1, -0.05) is 304 Å². The highest BCUT2D eigenvalue weighted by Gasteiger charge is 2.19. The molecule has 83 heavy (non-hydrogen) atoms. The highest BCUT2D eigenvalue weighted by molar-refractivity contribution is 5.71. The molecule has 0 aromatic carbocycles. The lowest BCUT2D eigenvalue weighted by atomic mass is 10.0. The second kappa shape index (κ2) is 70.6. The number of ether oxygens (including phenoxy) is 3. The molecule has 6 nitrogen and oxygen atoms in total. The van der Waals surface area contributed by atoms with E-state index in [9.17, 15) is 14.4 Å². The zero-order valence-electron chi connectivity index (χ0n) is 54.7. The van der Waals surface area contributed by atoms with Gasteiger partial charge in [-0.25, -0.2) is 0 Å². The fourth-order valence-corrected chi connectivity index (χ4v) is 9.94. The third-order valence-electron chi connectivity index (χ3n) is 15.2. The third kappa shape index (κ3) is 68.7. The van der Waals surface area contributed by atoms with Crippen LogP contribution in [0.3, 0.4) is 0 Å². The van der Waals surface area contributed by atoms with Crippen molar-refractivity contribution >= 4 is 17.9 Å². The fraction of sp³-hybridized carbons (Fsp3) is 0.727. The third-order valence-corrected chi connectivity index (χ3v) is 15.2. The molecule has 0 bridgehead atoms. The smallest absolute Gasteiger partial charge is 0.306 e. The molecule has 0 radical (unpaired) electrons. The van der Waals surface area contributed by atoms with Crippen LogP contribution in [0.2, 0.25) is 0 Å². The Bertz CT molecular complexity index is 1660. The van der Waals surface area contributed by atoms with Crippen molar-refractivity contribution in [1.29, 1.82) is 0 Å². The molecule has 0 aromatic heterocycles. The van der Waals surface area contributed by atoms with Crippen molar-refractivity contribution in [2.45, 2.75) is 348 Å². The Labute approximate surface area is 514 Å². The lowest BCUT2D eigenvalue weighted by Gasteiger charge is -2.18. The Morgan fingerprint density at radius 3 is 0.735 bits per heavy atom. The summed E-state index contributed by atoms with van der Waals surface area (Å²) in [7, 11) is 0. The average Bonchev–Trinajstić information content (AvgIpc) is 3.49. The van der Waals surface area contributed by atoms with E-state index in [1.807, 2.05) is 0 Å². The van der Waals surface area contributed by atoms with E-state index in [-0.39, 0.29) is 31.1 Å². The minimum atomic E-state index is -0.788. The summed E-state index contributed by atoms with van der Waals surface area (Å²) in [5, 5.41) is 0.